The number of oxazole rings is 1. The lowest BCUT2D eigenvalue weighted by atomic mass is 10.1. The van der Waals surface area contributed by atoms with E-state index in [0.29, 0.717) is 5.56 Å². The first kappa shape index (κ1) is 13.4. The van der Waals surface area contributed by atoms with Crippen LogP contribution in [-0.4, -0.2) is 4.98 Å². The van der Waals surface area contributed by atoms with E-state index in [0.717, 1.165) is 17.0 Å². The fraction of sp³-hybridized carbons (Fsp3) is 0.118. The standard InChI is InChI=1S/C17H15FN2O/c1-12(15-4-2-3-5-16(15)18)20-14-8-6-13(7-9-14)17-10-19-11-21-17/h2-12,20H,1H3. The van der Waals surface area contributed by atoms with Crippen LogP contribution in [0.1, 0.15) is 18.5 Å². The van der Waals surface area contributed by atoms with Gasteiger partial charge < -0.3 is 9.73 Å². The summed E-state index contributed by atoms with van der Waals surface area (Å²) in [6.45, 7) is 1.93. The maximum atomic E-state index is 13.7. The molecule has 3 nitrogen and oxygen atoms in total. The molecule has 21 heavy (non-hydrogen) atoms. The second kappa shape index (κ2) is 5.79. The first-order valence-electron chi connectivity index (χ1n) is 6.74. The lowest BCUT2D eigenvalue weighted by Gasteiger charge is -2.16. The molecule has 0 amide bonds. The molecule has 0 aliphatic rings. The van der Waals surface area contributed by atoms with Crippen LogP contribution in [0.15, 0.2) is 65.5 Å². The van der Waals surface area contributed by atoms with E-state index in [9.17, 15) is 4.39 Å². The van der Waals surface area contributed by atoms with Crippen molar-refractivity contribution in [1.82, 2.24) is 4.98 Å². The number of anilines is 1. The molecule has 106 valence electrons. The Morgan fingerprint density at radius 1 is 1.10 bits per heavy atom. The lowest BCUT2D eigenvalue weighted by molar-refractivity contribution is 0.572. The van der Waals surface area contributed by atoms with Crippen LogP contribution in [0, 0.1) is 5.82 Å². The molecule has 1 atom stereocenters. The third-order valence-corrected chi connectivity index (χ3v) is 3.36. The van der Waals surface area contributed by atoms with Crippen LogP contribution >= 0.6 is 0 Å². The normalized spacial score (nSPS) is 12.1. The zero-order valence-electron chi connectivity index (χ0n) is 11.6. The first-order chi connectivity index (χ1) is 10.2. The molecule has 2 aromatic carbocycles. The average Bonchev–Trinajstić information content (AvgIpc) is 3.02. The highest BCUT2D eigenvalue weighted by atomic mass is 19.1. The number of nitrogens with one attached hydrogen (secondary N) is 1. The van der Waals surface area contributed by atoms with Crippen molar-refractivity contribution in [3.05, 3.63) is 72.5 Å². The fourth-order valence-corrected chi connectivity index (χ4v) is 2.24. The summed E-state index contributed by atoms with van der Waals surface area (Å²) in [5, 5.41) is 3.29. The van der Waals surface area contributed by atoms with Gasteiger partial charge in [0, 0.05) is 16.8 Å². The van der Waals surface area contributed by atoms with Crippen LogP contribution in [0.2, 0.25) is 0 Å². The van der Waals surface area contributed by atoms with Crippen molar-refractivity contribution in [3.63, 3.8) is 0 Å². The van der Waals surface area contributed by atoms with Crippen LogP contribution in [0.3, 0.4) is 0 Å². The van der Waals surface area contributed by atoms with Gasteiger partial charge in [-0.3, -0.25) is 0 Å². The largest absolute Gasteiger partial charge is 0.444 e. The Balaban J connectivity index is 1.75. The maximum Gasteiger partial charge on any atom is 0.181 e. The predicted molar refractivity (Wildman–Crippen MR) is 80.4 cm³/mol. The Morgan fingerprint density at radius 2 is 1.86 bits per heavy atom. The van der Waals surface area contributed by atoms with E-state index in [2.05, 4.69) is 10.3 Å². The fourth-order valence-electron chi connectivity index (χ4n) is 2.24. The van der Waals surface area contributed by atoms with Gasteiger partial charge in [-0.05, 0) is 37.3 Å². The molecule has 0 aliphatic heterocycles. The number of nitrogens with zero attached hydrogens (tertiary/aromatic N) is 1. The summed E-state index contributed by atoms with van der Waals surface area (Å²) >= 11 is 0. The molecule has 0 saturated carbocycles. The van der Waals surface area contributed by atoms with E-state index in [1.807, 2.05) is 37.3 Å². The number of hydrogen-bond donors (Lipinski definition) is 1. The molecule has 1 heterocycles. The van der Waals surface area contributed by atoms with E-state index in [1.165, 1.54) is 12.5 Å². The summed E-state index contributed by atoms with van der Waals surface area (Å²) < 4.78 is 19.0. The van der Waals surface area contributed by atoms with Crippen molar-refractivity contribution in [2.24, 2.45) is 0 Å². The van der Waals surface area contributed by atoms with Crippen molar-refractivity contribution in [1.29, 1.82) is 0 Å². The Bertz CT molecular complexity index is 708. The zero-order valence-corrected chi connectivity index (χ0v) is 11.6. The highest BCUT2D eigenvalue weighted by Gasteiger charge is 2.10. The highest BCUT2D eigenvalue weighted by molar-refractivity contribution is 5.60. The minimum atomic E-state index is -0.198. The number of aromatic nitrogens is 1. The van der Waals surface area contributed by atoms with Crippen molar-refractivity contribution in [2.75, 3.05) is 5.32 Å². The van der Waals surface area contributed by atoms with Gasteiger partial charge in [-0.2, -0.15) is 0 Å². The molecule has 1 unspecified atom stereocenters. The molecule has 0 saturated heterocycles. The molecular weight excluding hydrogens is 267 g/mol. The van der Waals surface area contributed by atoms with E-state index in [4.69, 9.17) is 4.42 Å². The predicted octanol–water partition coefficient (Wildman–Crippen LogP) is 4.65. The van der Waals surface area contributed by atoms with E-state index < -0.39 is 0 Å². The molecule has 0 bridgehead atoms. The smallest absolute Gasteiger partial charge is 0.181 e. The third-order valence-electron chi connectivity index (χ3n) is 3.36. The van der Waals surface area contributed by atoms with Gasteiger partial charge >= 0.3 is 0 Å². The van der Waals surface area contributed by atoms with Crippen LogP contribution in [0.4, 0.5) is 10.1 Å². The lowest BCUT2D eigenvalue weighted by Crippen LogP contribution is -2.08. The minimum Gasteiger partial charge on any atom is -0.444 e. The quantitative estimate of drug-likeness (QED) is 0.756. The van der Waals surface area contributed by atoms with Gasteiger partial charge in [-0.15, -0.1) is 0 Å². The summed E-state index contributed by atoms with van der Waals surface area (Å²) in [6.07, 6.45) is 3.08. The van der Waals surface area contributed by atoms with Crippen molar-refractivity contribution >= 4 is 5.69 Å². The molecule has 0 aliphatic carbocycles. The molecule has 1 N–H and O–H groups in total. The SMILES string of the molecule is CC(Nc1ccc(-c2cnco2)cc1)c1ccccc1F. The molecule has 4 heteroatoms. The molecule has 0 radical (unpaired) electrons. The number of benzene rings is 2. The molecule has 0 fully saturated rings. The Labute approximate surface area is 122 Å². The van der Waals surface area contributed by atoms with Crippen LogP contribution < -0.4 is 5.32 Å². The second-order valence-electron chi connectivity index (χ2n) is 4.83. The van der Waals surface area contributed by atoms with Gasteiger partial charge in [0.15, 0.2) is 12.2 Å². The third kappa shape index (κ3) is 2.94. The summed E-state index contributed by atoms with van der Waals surface area (Å²) in [7, 11) is 0. The average molecular weight is 282 g/mol. The second-order valence-corrected chi connectivity index (χ2v) is 4.83. The topological polar surface area (TPSA) is 38.1 Å². The van der Waals surface area contributed by atoms with Gasteiger partial charge in [0.05, 0.1) is 12.2 Å². The Kier molecular flexibility index (Phi) is 3.69. The van der Waals surface area contributed by atoms with Crippen molar-refractivity contribution in [3.8, 4) is 11.3 Å². The summed E-state index contributed by atoms with van der Waals surface area (Å²) in [5.74, 6) is 0.527. The van der Waals surface area contributed by atoms with Gasteiger partial charge in [0.1, 0.15) is 5.82 Å². The number of halogens is 1. The zero-order chi connectivity index (χ0) is 14.7. The number of hydrogen-bond acceptors (Lipinski definition) is 3. The summed E-state index contributed by atoms with van der Waals surface area (Å²) in [6, 6.07) is 14.4. The molecule has 3 rings (SSSR count). The van der Waals surface area contributed by atoms with Crippen LogP contribution in [0.25, 0.3) is 11.3 Å². The van der Waals surface area contributed by atoms with E-state index in [1.54, 1.807) is 18.3 Å². The van der Waals surface area contributed by atoms with Gasteiger partial charge in [-0.1, -0.05) is 18.2 Å². The highest BCUT2D eigenvalue weighted by Crippen LogP contribution is 2.24. The van der Waals surface area contributed by atoms with Crippen molar-refractivity contribution < 1.29 is 8.81 Å². The van der Waals surface area contributed by atoms with Gasteiger partial charge in [0.2, 0.25) is 0 Å². The molecule has 0 spiro atoms. The number of rotatable bonds is 4. The first-order valence-corrected chi connectivity index (χ1v) is 6.74. The van der Waals surface area contributed by atoms with E-state index in [-0.39, 0.29) is 11.9 Å². The summed E-state index contributed by atoms with van der Waals surface area (Å²) in [4.78, 5) is 3.89. The molecular formula is C17H15FN2O. The maximum absolute atomic E-state index is 13.7. The molecule has 1 aromatic heterocycles. The van der Waals surface area contributed by atoms with Gasteiger partial charge in [0.25, 0.3) is 0 Å². The minimum absolute atomic E-state index is 0.109. The van der Waals surface area contributed by atoms with E-state index >= 15 is 0 Å². The Hall–Kier alpha value is -2.62. The Morgan fingerprint density at radius 3 is 2.52 bits per heavy atom. The molecule has 3 aromatic rings. The summed E-state index contributed by atoms with van der Waals surface area (Å²) in [5.41, 5.74) is 2.53. The monoisotopic (exact) mass is 282 g/mol. The van der Waals surface area contributed by atoms with Crippen LogP contribution in [-0.2, 0) is 0 Å². The van der Waals surface area contributed by atoms with Crippen molar-refractivity contribution in [2.45, 2.75) is 13.0 Å². The van der Waals surface area contributed by atoms with Crippen LogP contribution in [0.5, 0.6) is 0 Å². The van der Waals surface area contributed by atoms with Gasteiger partial charge in [-0.25, -0.2) is 9.37 Å².